The summed E-state index contributed by atoms with van der Waals surface area (Å²) < 4.78 is 55.7. The van der Waals surface area contributed by atoms with Crippen molar-refractivity contribution < 1.29 is 47.5 Å². The number of carbonyl (C=O) groups excluding carboxylic acids is 2. The molecule has 430 valence electrons. The van der Waals surface area contributed by atoms with E-state index in [0.29, 0.717) is 44.7 Å². The van der Waals surface area contributed by atoms with E-state index in [1.165, 1.54) is 5.57 Å². The van der Waals surface area contributed by atoms with Crippen LogP contribution >= 0.6 is 0 Å². The second-order valence-electron chi connectivity index (χ2n) is 26.1. The van der Waals surface area contributed by atoms with Crippen LogP contribution in [0.5, 0.6) is 0 Å². The number of carbonyl (C=O) groups is 2. The monoisotopic (exact) mass is 1100 g/mol. The largest absolute Gasteiger partial charge is 0.461 e. The second-order valence-corrected chi connectivity index (χ2v) is 26.1. The summed E-state index contributed by atoms with van der Waals surface area (Å²) in [6.45, 7) is 18.9. The first kappa shape index (κ1) is 57.5. The van der Waals surface area contributed by atoms with Crippen LogP contribution < -0.4 is 0 Å². The maximum atomic E-state index is 15.8. The number of ether oxygens (including phenoxy) is 8. The maximum Gasteiger partial charge on any atom is 0.310 e. The Hall–Kier alpha value is -5.30. The molecule has 2 heterocycles. The minimum Gasteiger partial charge on any atom is -0.461 e. The highest BCUT2D eigenvalue weighted by atomic mass is 16.7. The summed E-state index contributed by atoms with van der Waals surface area (Å²) in [5.41, 5.74) is 4.24. The van der Waals surface area contributed by atoms with Crippen molar-refractivity contribution in [2.45, 2.75) is 157 Å². The first-order valence-corrected chi connectivity index (χ1v) is 30.1. The average Bonchev–Trinajstić information content (AvgIpc) is 1.72. The third kappa shape index (κ3) is 11.1. The Balaban J connectivity index is 0.926. The van der Waals surface area contributed by atoms with Crippen molar-refractivity contribution in [3.05, 3.63) is 191 Å². The molecule has 11 rings (SSSR count). The minimum absolute atomic E-state index is 0.0490. The zero-order chi connectivity index (χ0) is 56.4. The molecule has 0 aromatic heterocycles. The smallest absolute Gasteiger partial charge is 0.310 e. The van der Waals surface area contributed by atoms with Gasteiger partial charge in [-0.1, -0.05) is 212 Å². The van der Waals surface area contributed by atoms with Crippen molar-refractivity contribution in [1.82, 2.24) is 0 Å². The molecular weight excluding hydrogens is 1010 g/mol. The van der Waals surface area contributed by atoms with Crippen molar-refractivity contribution >= 4 is 11.8 Å². The van der Waals surface area contributed by atoms with E-state index < -0.39 is 53.1 Å². The van der Waals surface area contributed by atoms with Crippen LogP contribution in [-0.2, 0) is 80.5 Å². The molecule has 0 spiro atoms. The molecule has 5 aromatic rings. The Labute approximate surface area is 481 Å². The number of esters is 1. The molecule has 2 saturated heterocycles. The molecule has 2 unspecified atom stereocenters. The summed E-state index contributed by atoms with van der Waals surface area (Å²) >= 11 is 0. The van der Waals surface area contributed by atoms with Crippen LogP contribution in [0.15, 0.2) is 163 Å². The summed E-state index contributed by atoms with van der Waals surface area (Å²) in [5.74, 6) is 0.575. The summed E-state index contributed by atoms with van der Waals surface area (Å²) in [6.07, 6.45) is 2.46. The van der Waals surface area contributed by atoms with E-state index in [-0.39, 0.29) is 66.8 Å². The van der Waals surface area contributed by atoms with Gasteiger partial charge in [-0.25, -0.2) is 0 Å². The number of rotatable bonds is 20. The normalized spacial score (nSPS) is 34.7. The fraction of sp³-hybridized carbons (Fsp3) is 0.521. The molecule has 4 aliphatic carbocycles. The van der Waals surface area contributed by atoms with Crippen LogP contribution in [0.4, 0.5) is 0 Å². The van der Waals surface area contributed by atoms with Gasteiger partial charge in [0, 0.05) is 17.3 Å². The predicted octanol–water partition coefficient (Wildman–Crippen LogP) is 13.9. The second kappa shape index (κ2) is 24.1. The van der Waals surface area contributed by atoms with Crippen LogP contribution in [-0.4, -0.2) is 68.4 Å². The molecule has 10 nitrogen and oxygen atoms in total. The number of fused-ring (bicyclic) bond motifs is 3. The lowest BCUT2D eigenvalue weighted by molar-refractivity contribution is -0.347. The van der Waals surface area contributed by atoms with Gasteiger partial charge in [-0.15, -0.1) is 0 Å². The fourth-order valence-electron chi connectivity index (χ4n) is 16.4. The number of ketones is 1. The van der Waals surface area contributed by atoms with Crippen molar-refractivity contribution in [1.29, 1.82) is 0 Å². The first-order chi connectivity index (χ1) is 39.2. The van der Waals surface area contributed by atoms with Gasteiger partial charge in [0.05, 0.1) is 52.2 Å². The summed E-state index contributed by atoms with van der Waals surface area (Å²) in [4.78, 5) is 30.9. The van der Waals surface area contributed by atoms with Gasteiger partial charge in [0.25, 0.3) is 0 Å². The molecule has 6 aliphatic rings. The van der Waals surface area contributed by atoms with Crippen molar-refractivity contribution in [3.8, 4) is 0 Å². The van der Waals surface area contributed by atoms with Gasteiger partial charge >= 0.3 is 5.97 Å². The average molecular weight is 1100 g/mol. The number of benzene rings is 5. The minimum atomic E-state index is -1.05. The zero-order valence-electron chi connectivity index (χ0n) is 48.8. The molecule has 10 heteroatoms. The molecule has 81 heavy (non-hydrogen) atoms. The number of hydrogen-bond acceptors (Lipinski definition) is 10. The van der Waals surface area contributed by atoms with Gasteiger partial charge in [0.15, 0.2) is 12.1 Å². The topological polar surface area (TPSA) is 108 Å². The van der Waals surface area contributed by atoms with Crippen molar-refractivity contribution in [2.24, 2.45) is 56.7 Å². The Morgan fingerprint density at radius 1 is 0.605 bits per heavy atom. The lowest BCUT2D eigenvalue weighted by Crippen LogP contribution is -2.70. The lowest BCUT2D eigenvalue weighted by Gasteiger charge is -2.70. The van der Waals surface area contributed by atoms with Gasteiger partial charge in [-0.2, -0.15) is 0 Å². The molecule has 5 aromatic carbocycles. The van der Waals surface area contributed by atoms with E-state index >= 15 is 9.59 Å². The highest BCUT2D eigenvalue weighted by Gasteiger charge is 2.72. The standard InChI is InChI=1S/C71H86O10/c1-48(2)49(3)67(4)37-38-69(6)55-33-34-59-68(5)46-75-47-71(59,56(55)35-36-70(69,7)63(67)65(73)79-44-54-31-21-12-22-32-54)39-57(72)64(68)81-66-62(78-43-53-29-19-11-20-30-53)61(77-42-52-27-17-10-18-28-52)60(76-41-51-25-15-9-16-26-51)58(80-66)45-74-40-50-23-13-8-14-24-50/h8-32,35,48-49,55,58-64,66H,33-34,36-47H2,1-7H3/t49-,55+,58?,59+,60+,61+,62?,63-,64+,66+,67-,68+,69-,70+,71+/m1/s1. The molecule has 2 bridgehead atoms. The quantitative estimate of drug-likeness (QED) is 0.0425. The van der Waals surface area contributed by atoms with Crippen LogP contribution in [0, 0.1) is 56.7 Å². The molecule has 3 saturated carbocycles. The number of hydrogen-bond donors (Lipinski definition) is 0. The molecule has 2 aliphatic heterocycles. The van der Waals surface area contributed by atoms with E-state index in [9.17, 15) is 0 Å². The lowest BCUT2D eigenvalue weighted by atomic mass is 9.34. The fourth-order valence-corrected chi connectivity index (χ4v) is 16.4. The molecular formula is C71H86O10. The molecule has 0 N–H and O–H groups in total. The van der Waals surface area contributed by atoms with E-state index in [1.807, 2.05) is 127 Å². The van der Waals surface area contributed by atoms with Crippen molar-refractivity contribution in [3.63, 3.8) is 0 Å². The van der Waals surface area contributed by atoms with E-state index in [1.54, 1.807) is 0 Å². The van der Waals surface area contributed by atoms with Gasteiger partial charge < -0.3 is 37.9 Å². The van der Waals surface area contributed by atoms with E-state index in [2.05, 4.69) is 78.8 Å². The molecule has 5 fully saturated rings. The van der Waals surface area contributed by atoms with Crippen molar-refractivity contribution in [2.75, 3.05) is 19.8 Å². The first-order valence-electron chi connectivity index (χ1n) is 30.1. The Morgan fingerprint density at radius 2 is 1.12 bits per heavy atom. The Morgan fingerprint density at radius 3 is 1.68 bits per heavy atom. The van der Waals surface area contributed by atoms with Crippen LogP contribution in [0.3, 0.4) is 0 Å². The molecule has 15 atom stereocenters. The third-order valence-electron chi connectivity index (χ3n) is 21.2. The molecule has 0 radical (unpaired) electrons. The SMILES string of the molecule is CC(C)[C@@H](C)[C@@]1(C)CC[C@]2(C)[C@H]3CC[C@@H]4[C@@]5(COC[C@]4(C)[C@@H](O[C@@H]4OC(COCc6ccccc6)[C@H](OCc6ccccc6)[C@H](OCc6ccccc6)C4OCc4ccccc4)C(=O)C5)C3=CC[C@@]2(C)[C@@H]1C(=O)OCc1ccccc1. The Kier molecular flexibility index (Phi) is 17.1. The van der Waals surface area contributed by atoms with E-state index in [4.69, 9.17) is 37.9 Å². The van der Waals surface area contributed by atoms with Crippen LogP contribution in [0.25, 0.3) is 0 Å². The van der Waals surface area contributed by atoms with E-state index in [0.717, 1.165) is 59.9 Å². The van der Waals surface area contributed by atoms with Gasteiger partial charge in [0.1, 0.15) is 37.1 Å². The zero-order valence-corrected chi connectivity index (χ0v) is 48.8. The summed E-state index contributed by atoms with van der Waals surface area (Å²) in [5, 5.41) is 0. The number of Topliss-reactive ketones (excluding diaryl/α,β-unsaturated/α-hetero) is 1. The van der Waals surface area contributed by atoms with Gasteiger partial charge in [0.2, 0.25) is 0 Å². The predicted molar refractivity (Wildman–Crippen MR) is 312 cm³/mol. The molecule has 0 amide bonds. The van der Waals surface area contributed by atoms with Gasteiger partial charge in [-0.05, 0) is 99.8 Å². The van der Waals surface area contributed by atoms with Gasteiger partial charge in [-0.3, -0.25) is 9.59 Å². The van der Waals surface area contributed by atoms with Crippen LogP contribution in [0.2, 0.25) is 0 Å². The van der Waals surface area contributed by atoms with Crippen LogP contribution in [0.1, 0.15) is 115 Å². The third-order valence-corrected chi connectivity index (χ3v) is 21.2. The highest BCUT2D eigenvalue weighted by Crippen LogP contribution is 2.75. The summed E-state index contributed by atoms with van der Waals surface area (Å²) in [6, 6.07) is 50.5. The maximum absolute atomic E-state index is 15.8. The Bertz CT molecular complexity index is 2920. The number of allylic oxidation sites excluding steroid dienone is 1. The summed E-state index contributed by atoms with van der Waals surface area (Å²) in [7, 11) is 0. The highest BCUT2D eigenvalue weighted by molar-refractivity contribution is 5.87.